The second-order valence-electron chi connectivity index (χ2n) is 6.28. The van der Waals surface area contributed by atoms with E-state index in [1.54, 1.807) is 0 Å². The number of hydrogen-bond acceptors (Lipinski definition) is 2. The van der Waals surface area contributed by atoms with E-state index in [9.17, 15) is 0 Å². The Balaban J connectivity index is 1.57. The van der Waals surface area contributed by atoms with Crippen LogP contribution in [0.4, 0.5) is 0 Å². The van der Waals surface area contributed by atoms with Crippen LogP contribution in [0.2, 0.25) is 0 Å². The van der Waals surface area contributed by atoms with Crippen LogP contribution in [0.5, 0.6) is 0 Å². The first-order valence-corrected chi connectivity index (χ1v) is 7.94. The van der Waals surface area contributed by atoms with E-state index in [4.69, 9.17) is 5.11 Å². The number of allylic oxidation sites excluding steroid dienone is 2. The van der Waals surface area contributed by atoms with Crippen molar-refractivity contribution in [1.29, 1.82) is 0 Å². The van der Waals surface area contributed by atoms with Crippen LogP contribution >= 0.6 is 0 Å². The first kappa shape index (κ1) is 13.8. The molecule has 3 rings (SSSR count). The Labute approximate surface area is 121 Å². The minimum atomic E-state index is 0.280. The second kappa shape index (κ2) is 6.55. The lowest BCUT2D eigenvalue weighted by Crippen LogP contribution is -2.29. The van der Waals surface area contributed by atoms with Gasteiger partial charge in [-0.15, -0.1) is 0 Å². The molecule has 20 heavy (non-hydrogen) atoms. The highest BCUT2D eigenvalue weighted by Gasteiger charge is 2.35. The number of aliphatic hydroxyl groups is 1. The van der Waals surface area contributed by atoms with E-state index in [0.29, 0.717) is 6.04 Å². The summed E-state index contributed by atoms with van der Waals surface area (Å²) in [6.45, 7) is 1.39. The Morgan fingerprint density at radius 3 is 2.65 bits per heavy atom. The Morgan fingerprint density at radius 2 is 2.00 bits per heavy atom. The summed E-state index contributed by atoms with van der Waals surface area (Å²) in [5.41, 5.74) is 1.35. The summed E-state index contributed by atoms with van der Waals surface area (Å²) in [5, 5.41) is 12.8. The number of hydrogen-bond donors (Lipinski definition) is 2. The maximum atomic E-state index is 9.09. The largest absolute Gasteiger partial charge is 0.396 e. The zero-order valence-electron chi connectivity index (χ0n) is 12.0. The van der Waals surface area contributed by atoms with Crippen LogP contribution in [0.25, 0.3) is 0 Å². The molecule has 4 unspecified atom stereocenters. The van der Waals surface area contributed by atoms with Crippen LogP contribution in [0.1, 0.15) is 37.3 Å². The SMILES string of the molecule is OCCCC(NCC1CC2C=CC1C2)c1ccccc1. The fourth-order valence-electron chi connectivity index (χ4n) is 3.79. The third-order valence-corrected chi connectivity index (χ3v) is 4.90. The van der Waals surface area contributed by atoms with Crippen LogP contribution in [0.3, 0.4) is 0 Å². The number of rotatable bonds is 7. The third kappa shape index (κ3) is 3.13. The lowest BCUT2D eigenvalue weighted by atomic mass is 9.92. The molecule has 0 amide bonds. The van der Waals surface area contributed by atoms with Crippen LogP contribution < -0.4 is 5.32 Å². The molecule has 2 nitrogen and oxygen atoms in total. The summed E-state index contributed by atoms with van der Waals surface area (Å²) in [6.07, 6.45) is 9.43. The van der Waals surface area contributed by atoms with Crippen molar-refractivity contribution in [2.24, 2.45) is 17.8 Å². The summed E-state index contributed by atoms with van der Waals surface area (Å²) >= 11 is 0. The molecular weight excluding hydrogens is 246 g/mol. The number of nitrogens with one attached hydrogen (secondary N) is 1. The average Bonchev–Trinajstić information content (AvgIpc) is 3.11. The van der Waals surface area contributed by atoms with Gasteiger partial charge >= 0.3 is 0 Å². The molecule has 0 saturated heterocycles. The highest BCUT2D eigenvalue weighted by atomic mass is 16.2. The lowest BCUT2D eigenvalue weighted by molar-refractivity contribution is 0.271. The molecule has 2 aliphatic carbocycles. The van der Waals surface area contributed by atoms with Gasteiger partial charge < -0.3 is 10.4 Å². The number of fused-ring (bicyclic) bond motifs is 2. The van der Waals surface area contributed by atoms with Crippen molar-refractivity contribution in [3.05, 3.63) is 48.0 Å². The van der Waals surface area contributed by atoms with E-state index in [1.165, 1.54) is 18.4 Å². The molecule has 4 atom stereocenters. The Morgan fingerprint density at radius 1 is 1.15 bits per heavy atom. The van der Waals surface area contributed by atoms with Gasteiger partial charge in [0.25, 0.3) is 0 Å². The smallest absolute Gasteiger partial charge is 0.0431 e. The quantitative estimate of drug-likeness (QED) is 0.746. The molecule has 1 aromatic carbocycles. The molecule has 0 aromatic heterocycles. The Kier molecular flexibility index (Phi) is 4.54. The standard InChI is InChI=1S/C18H25NO/c20-10-4-7-18(15-5-2-1-3-6-15)19-13-17-12-14-8-9-16(17)11-14/h1-3,5-6,8-9,14,16-20H,4,7,10-13H2. The molecule has 1 aromatic rings. The Hall–Kier alpha value is -1.12. The van der Waals surface area contributed by atoms with Gasteiger partial charge in [0.2, 0.25) is 0 Å². The lowest BCUT2D eigenvalue weighted by Gasteiger charge is -2.24. The summed E-state index contributed by atoms with van der Waals surface area (Å²) in [6, 6.07) is 11.0. The monoisotopic (exact) mass is 271 g/mol. The molecule has 0 heterocycles. The molecule has 2 bridgehead atoms. The van der Waals surface area contributed by atoms with E-state index in [-0.39, 0.29) is 6.61 Å². The Bertz CT molecular complexity index is 442. The van der Waals surface area contributed by atoms with Crippen LogP contribution in [-0.2, 0) is 0 Å². The van der Waals surface area contributed by atoms with Crippen molar-refractivity contribution >= 4 is 0 Å². The maximum absolute atomic E-state index is 9.09. The highest BCUT2D eigenvalue weighted by Crippen LogP contribution is 2.43. The van der Waals surface area contributed by atoms with Gasteiger partial charge in [0.05, 0.1) is 0 Å². The van der Waals surface area contributed by atoms with Gasteiger partial charge in [-0.05, 0) is 55.5 Å². The van der Waals surface area contributed by atoms with Crippen molar-refractivity contribution in [3.63, 3.8) is 0 Å². The topological polar surface area (TPSA) is 32.3 Å². The fourth-order valence-corrected chi connectivity index (χ4v) is 3.79. The van der Waals surface area contributed by atoms with Gasteiger partial charge in [0, 0.05) is 12.6 Å². The molecule has 2 heteroatoms. The molecule has 0 aliphatic heterocycles. The van der Waals surface area contributed by atoms with Crippen LogP contribution in [0.15, 0.2) is 42.5 Å². The van der Waals surface area contributed by atoms with Crippen LogP contribution in [-0.4, -0.2) is 18.3 Å². The van der Waals surface area contributed by atoms with Crippen molar-refractivity contribution in [2.45, 2.75) is 31.7 Å². The summed E-state index contributed by atoms with van der Waals surface area (Å²) in [7, 11) is 0. The predicted octanol–water partition coefficient (Wildman–Crippen LogP) is 3.30. The highest BCUT2D eigenvalue weighted by molar-refractivity contribution is 5.19. The molecule has 2 aliphatic rings. The van der Waals surface area contributed by atoms with Gasteiger partial charge in [-0.3, -0.25) is 0 Å². The van der Waals surface area contributed by atoms with Gasteiger partial charge in [-0.1, -0.05) is 42.5 Å². The normalized spacial score (nSPS) is 28.9. The van der Waals surface area contributed by atoms with Gasteiger partial charge in [-0.25, -0.2) is 0 Å². The van der Waals surface area contributed by atoms with E-state index in [1.807, 2.05) is 0 Å². The number of benzene rings is 1. The summed E-state index contributed by atoms with van der Waals surface area (Å²) < 4.78 is 0. The average molecular weight is 271 g/mol. The summed E-state index contributed by atoms with van der Waals surface area (Å²) in [5.74, 6) is 2.46. The molecule has 108 valence electrons. The van der Waals surface area contributed by atoms with E-state index in [2.05, 4.69) is 47.8 Å². The fraction of sp³-hybridized carbons (Fsp3) is 0.556. The number of aliphatic hydroxyl groups excluding tert-OH is 1. The zero-order chi connectivity index (χ0) is 13.8. The van der Waals surface area contributed by atoms with Crippen molar-refractivity contribution in [1.82, 2.24) is 5.32 Å². The third-order valence-electron chi connectivity index (χ3n) is 4.90. The zero-order valence-corrected chi connectivity index (χ0v) is 12.0. The minimum Gasteiger partial charge on any atom is -0.396 e. The van der Waals surface area contributed by atoms with Gasteiger partial charge in [0.15, 0.2) is 0 Å². The van der Waals surface area contributed by atoms with Gasteiger partial charge in [0.1, 0.15) is 0 Å². The molecule has 1 saturated carbocycles. The van der Waals surface area contributed by atoms with Crippen LogP contribution in [0, 0.1) is 17.8 Å². The van der Waals surface area contributed by atoms with E-state index in [0.717, 1.165) is 37.1 Å². The molecule has 0 radical (unpaired) electrons. The van der Waals surface area contributed by atoms with Crippen molar-refractivity contribution < 1.29 is 5.11 Å². The minimum absolute atomic E-state index is 0.280. The molecule has 1 fully saturated rings. The summed E-state index contributed by atoms with van der Waals surface area (Å²) in [4.78, 5) is 0. The first-order valence-electron chi connectivity index (χ1n) is 7.94. The predicted molar refractivity (Wildman–Crippen MR) is 82.3 cm³/mol. The second-order valence-corrected chi connectivity index (χ2v) is 6.28. The molecule has 2 N–H and O–H groups in total. The first-order chi connectivity index (χ1) is 9.86. The van der Waals surface area contributed by atoms with E-state index < -0.39 is 0 Å². The van der Waals surface area contributed by atoms with Gasteiger partial charge in [-0.2, -0.15) is 0 Å². The van der Waals surface area contributed by atoms with Crippen molar-refractivity contribution in [2.75, 3.05) is 13.2 Å². The van der Waals surface area contributed by atoms with Crippen molar-refractivity contribution in [3.8, 4) is 0 Å². The van der Waals surface area contributed by atoms with E-state index >= 15 is 0 Å². The maximum Gasteiger partial charge on any atom is 0.0431 e. The molecule has 0 spiro atoms. The molecular formula is C18H25NO.